The van der Waals surface area contributed by atoms with Crippen molar-refractivity contribution in [1.82, 2.24) is 15.5 Å². The molecule has 29 heavy (non-hydrogen) atoms. The average molecular weight is 422 g/mol. The molecule has 2 rings (SSSR count). The van der Waals surface area contributed by atoms with E-state index in [2.05, 4.69) is 10.6 Å². The molecule has 1 aliphatic rings. The number of carbonyl (C=O) groups excluding carboxylic acids is 3. The van der Waals surface area contributed by atoms with Crippen molar-refractivity contribution >= 4 is 40.8 Å². The first kappa shape index (κ1) is 22.2. The number of ether oxygens (including phenoxy) is 1. The topological polar surface area (TPSA) is 131 Å². The lowest BCUT2D eigenvalue weighted by Crippen LogP contribution is -2.60. The van der Waals surface area contributed by atoms with Crippen LogP contribution < -0.4 is 10.6 Å². The Morgan fingerprint density at radius 3 is 2.79 bits per heavy atom. The molecule has 1 aromatic rings. The third-order valence-electron chi connectivity index (χ3n) is 4.43. The van der Waals surface area contributed by atoms with Gasteiger partial charge in [-0.25, -0.2) is 0 Å². The van der Waals surface area contributed by atoms with E-state index in [4.69, 9.17) is 17.0 Å². The minimum absolute atomic E-state index is 0.0932. The van der Waals surface area contributed by atoms with Crippen LogP contribution in [0.2, 0.25) is 0 Å². The maximum atomic E-state index is 12.5. The summed E-state index contributed by atoms with van der Waals surface area (Å²) in [6.07, 6.45) is 0.113. The molecule has 0 aromatic heterocycles. The first-order chi connectivity index (χ1) is 13.7. The highest BCUT2D eigenvalue weighted by Crippen LogP contribution is 2.18. The minimum atomic E-state index is -0.945. The van der Waals surface area contributed by atoms with Crippen molar-refractivity contribution in [2.75, 3.05) is 13.1 Å². The molecule has 0 radical (unpaired) electrons. The lowest BCUT2D eigenvalue weighted by molar-refractivity contribution is -0.385. The first-order valence-corrected chi connectivity index (χ1v) is 9.48. The molecule has 0 bridgehead atoms. The molecule has 2 N–H and O–H groups in total. The molecule has 1 saturated heterocycles. The number of thiocarbonyl (C=S) groups is 1. The van der Waals surface area contributed by atoms with Crippen LogP contribution in [0.3, 0.4) is 0 Å². The van der Waals surface area contributed by atoms with E-state index >= 15 is 0 Å². The van der Waals surface area contributed by atoms with Crippen molar-refractivity contribution in [3.63, 3.8) is 0 Å². The molecule has 0 spiro atoms. The van der Waals surface area contributed by atoms with Gasteiger partial charge in [0.15, 0.2) is 5.11 Å². The van der Waals surface area contributed by atoms with Gasteiger partial charge in [-0.15, -0.1) is 0 Å². The van der Waals surface area contributed by atoms with Gasteiger partial charge in [0, 0.05) is 19.2 Å². The van der Waals surface area contributed by atoms with Crippen LogP contribution >= 0.6 is 12.2 Å². The largest absolute Gasteiger partial charge is 0.463 e. The van der Waals surface area contributed by atoms with Crippen LogP contribution in [0, 0.1) is 10.1 Å². The number of esters is 1. The standard InChI is InChI=1S/C18H22N4O6S/c1-3-11(2)28-15(23)10-14-17(25)19-8-9-21(14)18(29)20-16(24)12-6-4-5-7-13(12)22(26)27/h4-7,11,14H,3,8-10H2,1-2H3,(H,19,25)(H,20,24,29). The lowest BCUT2D eigenvalue weighted by Gasteiger charge is -2.36. The van der Waals surface area contributed by atoms with Gasteiger partial charge in [0.1, 0.15) is 11.6 Å². The van der Waals surface area contributed by atoms with E-state index in [1.54, 1.807) is 6.92 Å². The molecule has 10 nitrogen and oxygen atoms in total. The molecule has 11 heteroatoms. The summed E-state index contributed by atoms with van der Waals surface area (Å²) in [7, 11) is 0. The van der Waals surface area contributed by atoms with Crippen LogP contribution in [0.15, 0.2) is 24.3 Å². The molecule has 2 unspecified atom stereocenters. The Morgan fingerprint density at radius 1 is 1.45 bits per heavy atom. The molecule has 1 aliphatic heterocycles. The van der Waals surface area contributed by atoms with E-state index in [1.165, 1.54) is 29.2 Å². The van der Waals surface area contributed by atoms with Crippen LogP contribution in [0.4, 0.5) is 5.69 Å². The summed E-state index contributed by atoms with van der Waals surface area (Å²) in [5.41, 5.74) is -0.521. The molecular weight excluding hydrogens is 400 g/mol. The van der Waals surface area contributed by atoms with E-state index in [0.717, 1.165) is 0 Å². The van der Waals surface area contributed by atoms with E-state index in [9.17, 15) is 24.5 Å². The second-order valence-corrected chi connectivity index (χ2v) is 6.83. The lowest BCUT2D eigenvalue weighted by atomic mass is 10.1. The zero-order valence-corrected chi connectivity index (χ0v) is 16.9. The number of nitrogens with zero attached hydrogens (tertiary/aromatic N) is 2. The monoisotopic (exact) mass is 422 g/mol. The number of hydrogen-bond acceptors (Lipinski definition) is 7. The highest BCUT2D eigenvalue weighted by Gasteiger charge is 2.35. The highest BCUT2D eigenvalue weighted by molar-refractivity contribution is 7.80. The summed E-state index contributed by atoms with van der Waals surface area (Å²) in [6, 6.07) is 4.51. The van der Waals surface area contributed by atoms with Crippen LogP contribution in [-0.4, -0.2) is 58.0 Å². The number of piperazine rings is 1. The van der Waals surface area contributed by atoms with Gasteiger partial charge in [-0.3, -0.25) is 29.8 Å². The number of nitrogens with one attached hydrogen (secondary N) is 2. The van der Waals surface area contributed by atoms with E-state index in [-0.39, 0.29) is 42.0 Å². The Labute approximate surface area is 172 Å². The van der Waals surface area contributed by atoms with Crippen LogP contribution in [-0.2, 0) is 14.3 Å². The molecule has 1 heterocycles. The Hall–Kier alpha value is -3.08. The van der Waals surface area contributed by atoms with Gasteiger partial charge in [0.25, 0.3) is 11.6 Å². The molecule has 2 atom stereocenters. The summed E-state index contributed by atoms with van der Waals surface area (Å²) in [6.45, 7) is 4.15. The third kappa shape index (κ3) is 5.70. The highest BCUT2D eigenvalue weighted by atomic mass is 32.1. The molecule has 1 aromatic carbocycles. The van der Waals surface area contributed by atoms with Crippen LogP contribution in [0.5, 0.6) is 0 Å². The first-order valence-electron chi connectivity index (χ1n) is 9.07. The summed E-state index contributed by atoms with van der Waals surface area (Å²) in [4.78, 5) is 48.8. The Kier molecular flexibility index (Phi) is 7.59. The maximum Gasteiger partial charge on any atom is 0.308 e. The Balaban J connectivity index is 2.12. The number of rotatable bonds is 6. The van der Waals surface area contributed by atoms with Gasteiger partial charge >= 0.3 is 5.97 Å². The number of nitro benzene ring substituents is 1. The SMILES string of the molecule is CCC(C)OC(=O)CC1C(=O)NCCN1C(=S)NC(=O)c1ccccc1[N+](=O)[O-]. The zero-order valence-electron chi connectivity index (χ0n) is 16.0. The Morgan fingerprint density at radius 2 is 2.14 bits per heavy atom. The van der Waals surface area contributed by atoms with Gasteiger partial charge in [-0.2, -0.15) is 0 Å². The van der Waals surface area contributed by atoms with Crippen LogP contribution in [0.25, 0.3) is 0 Å². The Bertz CT molecular complexity index is 830. The minimum Gasteiger partial charge on any atom is -0.463 e. The second kappa shape index (κ2) is 9.92. The van der Waals surface area contributed by atoms with Crippen LogP contribution in [0.1, 0.15) is 37.0 Å². The summed E-state index contributed by atoms with van der Waals surface area (Å²) < 4.78 is 5.22. The van der Waals surface area contributed by atoms with E-state index in [1.807, 2.05) is 6.92 Å². The fourth-order valence-corrected chi connectivity index (χ4v) is 3.05. The molecular formula is C18H22N4O6S. The quantitative estimate of drug-likeness (QED) is 0.302. The van der Waals surface area contributed by atoms with Gasteiger partial charge in [0.2, 0.25) is 5.91 Å². The molecule has 0 saturated carbocycles. The average Bonchev–Trinajstić information content (AvgIpc) is 2.69. The predicted octanol–water partition coefficient (Wildman–Crippen LogP) is 1.14. The molecule has 156 valence electrons. The second-order valence-electron chi connectivity index (χ2n) is 6.45. The van der Waals surface area contributed by atoms with Crippen molar-refractivity contribution in [3.8, 4) is 0 Å². The van der Waals surface area contributed by atoms with Crippen molar-refractivity contribution in [3.05, 3.63) is 39.9 Å². The molecule has 2 amide bonds. The number of carbonyl (C=O) groups is 3. The number of nitro groups is 1. The van der Waals surface area contributed by atoms with E-state index in [0.29, 0.717) is 6.42 Å². The van der Waals surface area contributed by atoms with E-state index < -0.39 is 28.7 Å². The van der Waals surface area contributed by atoms with Gasteiger partial charge in [-0.05, 0) is 31.6 Å². The number of benzene rings is 1. The van der Waals surface area contributed by atoms with Gasteiger partial charge in [-0.1, -0.05) is 19.1 Å². The number of hydrogen-bond donors (Lipinski definition) is 2. The van der Waals surface area contributed by atoms with Crippen molar-refractivity contribution in [2.45, 2.75) is 38.8 Å². The third-order valence-corrected chi connectivity index (χ3v) is 4.76. The van der Waals surface area contributed by atoms with Gasteiger partial charge < -0.3 is 15.0 Å². The smallest absolute Gasteiger partial charge is 0.308 e. The van der Waals surface area contributed by atoms with Crippen molar-refractivity contribution in [2.24, 2.45) is 0 Å². The summed E-state index contributed by atoms with van der Waals surface area (Å²) in [5, 5.41) is 16.1. The summed E-state index contributed by atoms with van der Waals surface area (Å²) in [5.74, 6) is -1.74. The fraction of sp³-hybridized carbons (Fsp3) is 0.444. The normalized spacial score (nSPS) is 17.1. The number of amides is 2. The molecule has 1 fully saturated rings. The fourth-order valence-electron chi connectivity index (χ4n) is 2.74. The van der Waals surface area contributed by atoms with Crippen molar-refractivity contribution in [1.29, 1.82) is 0 Å². The number of para-hydroxylation sites is 1. The zero-order chi connectivity index (χ0) is 21.6. The summed E-state index contributed by atoms with van der Waals surface area (Å²) >= 11 is 5.24. The van der Waals surface area contributed by atoms with Gasteiger partial charge in [0.05, 0.1) is 17.4 Å². The maximum absolute atomic E-state index is 12.5. The molecule has 0 aliphatic carbocycles. The predicted molar refractivity (Wildman–Crippen MR) is 107 cm³/mol. The van der Waals surface area contributed by atoms with Crippen molar-refractivity contribution < 1.29 is 24.0 Å².